The second-order valence-corrected chi connectivity index (χ2v) is 8.77. The number of aromatic nitrogens is 4. The van der Waals surface area contributed by atoms with Gasteiger partial charge in [-0.25, -0.2) is 9.97 Å². The second kappa shape index (κ2) is 11.2. The highest BCUT2D eigenvalue weighted by molar-refractivity contribution is 5.73. The molecule has 0 radical (unpaired) electrons. The van der Waals surface area contributed by atoms with Gasteiger partial charge in [0.25, 0.3) is 5.95 Å². The summed E-state index contributed by atoms with van der Waals surface area (Å²) >= 11 is 0. The Bertz CT molecular complexity index is 1690. The maximum Gasteiger partial charge on any atom is 0.433 e. The molecule has 41 heavy (non-hydrogen) atoms. The average molecular weight is 563 g/mol. The van der Waals surface area contributed by atoms with E-state index in [4.69, 9.17) is 18.9 Å². The van der Waals surface area contributed by atoms with Crippen LogP contribution in [-0.4, -0.2) is 48.2 Å². The molecular formula is C30H25F3N4O4. The van der Waals surface area contributed by atoms with Gasteiger partial charge in [0.1, 0.15) is 0 Å². The van der Waals surface area contributed by atoms with Crippen LogP contribution in [0.15, 0.2) is 78.9 Å². The Morgan fingerprint density at radius 2 is 1.17 bits per heavy atom. The topological polar surface area (TPSA) is 80.5 Å². The standard InChI is InChI=1S/C30H25F3N4O4/c1-38-24-12-10-19(14-26(24)40-3)22-16-23(20-11-13-25(39-2)27(15-20)41-4)37(36-22)29-34-21(18-8-6-5-7-9-18)17-28(35-29)30(31,32)33/h5-17H,1-4H3. The fourth-order valence-corrected chi connectivity index (χ4v) is 4.30. The molecule has 210 valence electrons. The molecule has 5 aromatic rings. The van der Waals surface area contributed by atoms with Crippen LogP contribution in [0.1, 0.15) is 5.69 Å². The lowest BCUT2D eigenvalue weighted by Crippen LogP contribution is -2.14. The van der Waals surface area contributed by atoms with Crippen molar-refractivity contribution in [3.8, 4) is 62.7 Å². The molecule has 11 heteroatoms. The molecule has 0 unspecified atom stereocenters. The number of methoxy groups -OCH3 is 4. The molecule has 0 saturated heterocycles. The minimum Gasteiger partial charge on any atom is -0.493 e. The molecule has 0 aliphatic heterocycles. The lowest BCUT2D eigenvalue weighted by atomic mass is 10.1. The largest absolute Gasteiger partial charge is 0.493 e. The Hall–Kier alpha value is -5.06. The number of hydrogen-bond donors (Lipinski definition) is 0. The summed E-state index contributed by atoms with van der Waals surface area (Å²) < 4.78 is 65.0. The lowest BCUT2D eigenvalue weighted by molar-refractivity contribution is -0.141. The number of ether oxygens (including phenoxy) is 4. The Morgan fingerprint density at radius 1 is 0.585 bits per heavy atom. The minimum absolute atomic E-state index is 0.101. The summed E-state index contributed by atoms with van der Waals surface area (Å²) in [4.78, 5) is 8.40. The molecule has 0 atom stereocenters. The highest BCUT2D eigenvalue weighted by atomic mass is 19.4. The minimum atomic E-state index is -4.72. The van der Waals surface area contributed by atoms with E-state index in [-0.39, 0.29) is 11.6 Å². The van der Waals surface area contributed by atoms with Crippen molar-refractivity contribution in [2.75, 3.05) is 28.4 Å². The number of rotatable bonds is 8. The molecule has 0 aliphatic rings. The van der Waals surface area contributed by atoms with Gasteiger partial charge < -0.3 is 18.9 Å². The molecule has 0 fully saturated rings. The fraction of sp³-hybridized carbons (Fsp3) is 0.167. The molecule has 0 amide bonds. The Kier molecular flexibility index (Phi) is 7.52. The molecule has 0 N–H and O–H groups in total. The highest BCUT2D eigenvalue weighted by Gasteiger charge is 2.34. The molecular weight excluding hydrogens is 537 g/mol. The van der Waals surface area contributed by atoms with Crippen molar-refractivity contribution in [2.45, 2.75) is 6.18 Å². The van der Waals surface area contributed by atoms with Gasteiger partial charge in [-0.2, -0.15) is 23.0 Å². The van der Waals surface area contributed by atoms with Crippen LogP contribution in [-0.2, 0) is 6.18 Å². The molecule has 0 spiro atoms. The smallest absolute Gasteiger partial charge is 0.433 e. The zero-order chi connectivity index (χ0) is 29.1. The predicted molar refractivity (Wildman–Crippen MR) is 147 cm³/mol. The molecule has 2 aromatic heterocycles. The van der Waals surface area contributed by atoms with Crippen LogP contribution in [0, 0.1) is 0 Å². The third-order valence-electron chi connectivity index (χ3n) is 6.33. The van der Waals surface area contributed by atoms with Crippen molar-refractivity contribution < 1.29 is 32.1 Å². The van der Waals surface area contributed by atoms with Crippen molar-refractivity contribution in [1.29, 1.82) is 0 Å². The van der Waals surface area contributed by atoms with Crippen LogP contribution in [0.4, 0.5) is 13.2 Å². The van der Waals surface area contributed by atoms with E-state index in [1.54, 1.807) is 72.8 Å². The molecule has 8 nitrogen and oxygen atoms in total. The molecule has 0 aliphatic carbocycles. The van der Waals surface area contributed by atoms with Gasteiger partial charge in [-0.15, -0.1) is 0 Å². The summed E-state index contributed by atoms with van der Waals surface area (Å²) in [7, 11) is 6.04. The molecule has 0 bridgehead atoms. The first-order valence-corrected chi connectivity index (χ1v) is 12.3. The Balaban J connectivity index is 1.77. The normalized spacial score (nSPS) is 11.3. The zero-order valence-corrected chi connectivity index (χ0v) is 22.6. The maximum absolute atomic E-state index is 14.0. The Labute approximate surface area is 233 Å². The molecule has 3 aromatic carbocycles. The van der Waals surface area contributed by atoms with E-state index < -0.39 is 11.9 Å². The van der Waals surface area contributed by atoms with Crippen molar-refractivity contribution in [3.63, 3.8) is 0 Å². The van der Waals surface area contributed by atoms with Crippen LogP contribution in [0.25, 0.3) is 39.7 Å². The van der Waals surface area contributed by atoms with Crippen molar-refractivity contribution in [1.82, 2.24) is 19.7 Å². The fourth-order valence-electron chi connectivity index (χ4n) is 4.30. The lowest BCUT2D eigenvalue weighted by Gasteiger charge is -2.13. The third kappa shape index (κ3) is 5.51. The van der Waals surface area contributed by atoms with Gasteiger partial charge in [-0.3, -0.25) is 0 Å². The first kappa shape index (κ1) is 27.5. The number of halogens is 3. The van der Waals surface area contributed by atoms with Gasteiger partial charge in [0, 0.05) is 16.7 Å². The van der Waals surface area contributed by atoms with Crippen molar-refractivity contribution in [3.05, 3.63) is 84.6 Å². The third-order valence-corrected chi connectivity index (χ3v) is 6.33. The van der Waals surface area contributed by atoms with Crippen LogP contribution in [0.3, 0.4) is 0 Å². The first-order valence-electron chi connectivity index (χ1n) is 12.3. The number of nitrogens with zero attached hydrogens (tertiary/aromatic N) is 4. The van der Waals surface area contributed by atoms with E-state index >= 15 is 0 Å². The summed E-state index contributed by atoms with van der Waals surface area (Å²) in [6.45, 7) is 0. The van der Waals surface area contributed by atoms with Crippen LogP contribution in [0.2, 0.25) is 0 Å². The summed E-state index contributed by atoms with van der Waals surface area (Å²) in [5.74, 6) is 1.65. The summed E-state index contributed by atoms with van der Waals surface area (Å²) in [6, 6.07) is 21.6. The monoisotopic (exact) mass is 562 g/mol. The summed E-state index contributed by atoms with van der Waals surface area (Å²) in [6.07, 6.45) is -4.72. The molecule has 0 saturated carbocycles. The zero-order valence-electron chi connectivity index (χ0n) is 22.6. The first-order chi connectivity index (χ1) is 19.7. The van der Waals surface area contributed by atoms with Gasteiger partial charge >= 0.3 is 6.18 Å². The Morgan fingerprint density at radius 3 is 1.76 bits per heavy atom. The molecule has 5 rings (SSSR count). The van der Waals surface area contributed by atoms with Gasteiger partial charge in [0.05, 0.1) is 45.5 Å². The number of benzene rings is 3. The van der Waals surface area contributed by atoms with E-state index in [1.165, 1.54) is 33.1 Å². The number of alkyl halides is 3. The average Bonchev–Trinajstić information content (AvgIpc) is 3.45. The van der Waals surface area contributed by atoms with E-state index in [2.05, 4.69) is 15.1 Å². The van der Waals surface area contributed by atoms with E-state index in [1.807, 2.05) is 0 Å². The van der Waals surface area contributed by atoms with Crippen LogP contribution in [0.5, 0.6) is 23.0 Å². The van der Waals surface area contributed by atoms with E-state index in [9.17, 15) is 13.2 Å². The molecule has 2 heterocycles. The van der Waals surface area contributed by atoms with Gasteiger partial charge in [-0.1, -0.05) is 30.3 Å². The summed E-state index contributed by atoms with van der Waals surface area (Å²) in [5.41, 5.74) is 1.60. The van der Waals surface area contributed by atoms with E-state index in [0.29, 0.717) is 51.1 Å². The SMILES string of the molecule is COc1ccc(-c2cc(-c3ccc(OC)c(OC)c3)n(-c3nc(-c4ccccc4)cc(C(F)(F)F)n3)n2)cc1OC. The maximum atomic E-state index is 14.0. The quantitative estimate of drug-likeness (QED) is 0.208. The van der Waals surface area contributed by atoms with Crippen LogP contribution >= 0.6 is 0 Å². The van der Waals surface area contributed by atoms with Gasteiger partial charge in [-0.05, 0) is 48.5 Å². The second-order valence-electron chi connectivity index (χ2n) is 8.77. The van der Waals surface area contributed by atoms with Gasteiger partial charge in [0.15, 0.2) is 28.7 Å². The van der Waals surface area contributed by atoms with Crippen LogP contribution < -0.4 is 18.9 Å². The number of hydrogen-bond acceptors (Lipinski definition) is 7. The summed E-state index contributed by atoms with van der Waals surface area (Å²) in [5, 5.41) is 4.67. The van der Waals surface area contributed by atoms with Crippen molar-refractivity contribution in [2.24, 2.45) is 0 Å². The van der Waals surface area contributed by atoms with Crippen molar-refractivity contribution >= 4 is 0 Å². The van der Waals surface area contributed by atoms with Gasteiger partial charge in [0.2, 0.25) is 0 Å². The highest BCUT2D eigenvalue weighted by Crippen LogP contribution is 2.38. The van der Waals surface area contributed by atoms with E-state index in [0.717, 1.165) is 6.07 Å². The predicted octanol–water partition coefficient (Wildman–Crippen LogP) is 6.72.